The second-order valence-electron chi connectivity index (χ2n) is 6.54. The Balaban J connectivity index is 1.47. The lowest BCUT2D eigenvalue weighted by atomic mass is 10.2. The Hall–Kier alpha value is -1.29. The average Bonchev–Trinajstić information content (AvgIpc) is 3.07. The summed E-state index contributed by atoms with van der Waals surface area (Å²) in [7, 11) is -4.17. The van der Waals surface area contributed by atoms with Gasteiger partial charge in [-0.25, -0.2) is 4.98 Å². The quantitative estimate of drug-likeness (QED) is 0.468. The minimum atomic E-state index is -4.17. The van der Waals surface area contributed by atoms with E-state index in [1.807, 2.05) is 4.57 Å². The molecule has 2 aliphatic rings. The molecule has 1 saturated heterocycles. The SMILES string of the molecule is O=P(O)(O)COCC1CCC(n2cnc3c(NC4CC4)nc(Cl)nc32)O1. The van der Waals surface area contributed by atoms with Crippen molar-refractivity contribution >= 4 is 36.2 Å². The molecule has 1 aliphatic carbocycles. The smallest absolute Gasteiger partial charge is 0.350 e. The zero-order valence-electron chi connectivity index (χ0n) is 13.8. The fraction of sp³-hybridized carbons (Fsp3) is 0.643. The number of halogens is 1. The molecule has 2 fully saturated rings. The Morgan fingerprint density at radius 3 is 2.88 bits per heavy atom. The number of nitrogens with one attached hydrogen (secondary N) is 1. The highest BCUT2D eigenvalue weighted by Gasteiger charge is 2.30. The molecule has 4 rings (SSSR count). The van der Waals surface area contributed by atoms with Crippen LogP contribution in [0.3, 0.4) is 0 Å². The second-order valence-corrected chi connectivity index (χ2v) is 8.46. The molecule has 2 unspecified atom stereocenters. The molecule has 1 saturated carbocycles. The first-order chi connectivity index (χ1) is 12.4. The number of hydrogen-bond acceptors (Lipinski definition) is 7. The van der Waals surface area contributed by atoms with Crippen LogP contribution in [0, 0.1) is 0 Å². The van der Waals surface area contributed by atoms with Crippen molar-refractivity contribution in [2.45, 2.75) is 44.1 Å². The van der Waals surface area contributed by atoms with Crippen LogP contribution < -0.4 is 5.32 Å². The van der Waals surface area contributed by atoms with Gasteiger partial charge in [0.2, 0.25) is 5.28 Å². The first-order valence-corrected chi connectivity index (χ1v) is 10.5. The van der Waals surface area contributed by atoms with Crippen LogP contribution in [0.2, 0.25) is 5.28 Å². The van der Waals surface area contributed by atoms with Crippen molar-refractivity contribution in [1.29, 1.82) is 0 Å². The maximum Gasteiger partial charge on any atom is 0.350 e. The second kappa shape index (κ2) is 7.03. The van der Waals surface area contributed by atoms with Crippen LogP contribution in [0.15, 0.2) is 6.33 Å². The van der Waals surface area contributed by atoms with Gasteiger partial charge in [-0.2, -0.15) is 9.97 Å². The molecule has 0 amide bonds. The Morgan fingerprint density at radius 2 is 2.15 bits per heavy atom. The van der Waals surface area contributed by atoms with E-state index in [2.05, 4.69) is 20.3 Å². The van der Waals surface area contributed by atoms with Crippen LogP contribution in [-0.2, 0) is 14.0 Å². The highest BCUT2D eigenvalue weighted by molar-refractivity contribution is 7.51. The molecule has 3 heterocycles. The third kappa shape index (κ3) is 4.16. The maximum absolute atomic E-state index is 10.8. The molecule has 12 heteroatoms. The summed E-state index contributed by atoms with van der Waals surface area (Å²) in [5.74, 6) is 0.626. The predicted octanol–water partition coefficient (Wildman–Crippen LogP) is 1.88. The lowest BCUT2D eigenvalue weighted by Crippen LogP contribution is -2.17. The Labute approximate surface area is 154 Å². The molecule has 0 radical (unpaired) electrons. The molecular weight excluding hydrogens is 385 g/mol. The summed E-state index contributed by atoms with van der Waals surface area (Å²) in [4.78, 5) is 30.6. The van der Waals surface area contributed by atoms with E-state index >= 15 is 0 Å². The third-order valence-corrected chi connectivity index (χ3v) is 4.96. The van der Waals surface area contributed by atoms with E-state index < -0.39 is 13.9 Å². The average molecular weight is 404 g/mol. The molecule has 26 heavy (non-hydrogen) atoms. The molecule has 1 aliphatic heterocycles. The summed E-state index contributed by atoms with van der Waals surface area (Å²) >= 11 is 6.07. The van der Waals surface area contributed by atoms with Crippen LogP contribution >= 0.6 is 19.2 Å². The van der Waals surface area contributed by atoms with Crippen molar-refractivity contribution in [2.24, 2.45) is 0 Å². The lowest BCUT2D eigenvalue weighted by Gasteiger charge is -2.16. The fourth-order valence-corrected chi connectivity index (χ4v) is 3.45. The van der Waals surface area contributed by atoms with Crippen LogP contribution in [0.1, 0.15) is 31.9 Å². The fourth-order valence-electron chi connectivity index (χ4n) is 2.94. The largest absolute Gasteiger partial charge is 0.366 e. The van der Waals surface area contributed by atoms with Gasteiger partial charge in [0.15, 0.2) is 17.0 Å². The van der Waals surface area contributed by atoms with E-state index in [4.69, 9.17) is 30.9 Å². The Bertz CT molecular complexity index is 854. The molecule has 2 atom stereocenters. The van der Waals surface area contributed by atoms with Crippen LogP contribution in [0.4, 0.5) is 5.82 Å². The highest BCUT2D eigenvalue weighted by atomic mass is 35.5. The topological polar surface area (TPSA) is 132 Å². The summed E-state index contributed by atoms with van der Waals surface area (Å²) in [5.41, 5.74) is 1.24. The van der Waals surface area contributed by atoms with Gasteiger partial charge >= 0.3 is 7.60 Å². The third-order valence-electron chi connectivity index (χ3n) is 4.27. The van der Waals surface area contributed by atoms with Crippen molar-refractivity contribution in [3.63, 3.8) is 0 Å². The molecule has 2 aromatic rings. The predicted molar refractivity (Wildman–Crippen MR) is 93.0 cm³/mol. The molecule has 3 N–H and O–H groups in total. The Kier molecular flexibility index (Phi) is 4.89. The first-order valence-electron chi connectivity index (χ1n) is 8.33. The van der Waals surface area contributed by atoms with Crippen molar-refractivity contribution < 1.29 is 23.8 Å². The summed E-state index contributed by atoms with van der Waals surface area (Å²) in [6.45, 7) is 0.123. The van der Waals surface area contributed by atoms with Crippen molar-refractivity contribution in [2.75, 3.05) is 18.3 Å². The summed E-state index contributed by atoms with van der Waals surface area (Å²) in [6.07, 6.45) is 4.13. The van der Waals surface area contributed by atoms with Gasteiger partial charge in [-0.15, -0.1) is 0 Å². The van der Waals surface area contributed by atoms with Crippen molar-refractivity contribution in [1.82, 2.24) is 19.5 Å². The maximum atomic E-state index is 10.8. The van der Waals surface area contributed by atoms with E-state index in [9.17, 15) is 4.57 Å². The van der Waals surface area contributed by atoms with E-state index in [0.29, 0.717) is 35.9 Å². The first kappa shape index (κ1) is 18.1. The standard InChI is InChI=1S/C14H19ClN5O5P/c15-14-18-12(17-8-1-2-8)11-13(19-14)20(6-16-11)10-4-3-9(25-10)5-24-7-26(21,22)23/h6,8-10H,1-5,7H2,(H,17,18,19)(H2,21,22,23). The van der Waals surface area contributed by atoms with E-state index in [1.165, 1.54) is 0 Å². The molecule has 0 aromatic carbocycles. The zero-order chi connectivity index (χ0) is 18.3. The monoisotopic (exact) mass is 403 g/mol. The zero-order valence-corrected chi connectivity index (χ0v) is 15.4. The number of hydrogen-bond donors (Lipinski definition) is 3. The van der Waals surface area contributed by atoms with Gasteiger partial charge in [-0.1, -0.05) is 0 Å². The van der Waals surface area contributed by atoms with Crippen LogP contribution in [0.25, 0.3) is 11.2 Å². The number of imidazole rings is 1. The van der Waals surface area contributed by atoms with Gasteiger partial charge in [-0.05, 0) is 37.3 Å². The normalized spacial score (nSPS) is 23.7. The van der Waals surface area contributed by atoms with Crippen LogP contribution in [-0.4, -0.2) is 54.4 Å². The minimum absolute atomic E-state index is 0.123. The van der Waals surface area contributed by atoms with E-state index in [0.717, 1.165) is 12.8 Å². The van der Waals surface area contributed by atoms with Crippen molar-refractivity contribution in [3.8, 4) is 0 Å². The van der Waals surface area contributed by atoms with Gasteiger partial charge in [0, 0.05) is 6.04 Å². The van der Waals surface area contributed by atoms with E-state index in [1.54, 1.807) is 6.33 Å². The van der Waals surface area contributed by atoms with Gasteiger partial charge in [-0.3, -0.25) is 9.13 Å². The molecule has 0 spiro atoms. The van der Waals surface area contributed by atoms with Gasteiger partial charge in [0.1, 0.15) is 12.6 Å². The molecule has 142 valence electrons. The summed E-state index contributed by atoms with van der Waals surface area (Å²) in [5, 5.41) is 3.45. The van der Waals surface area contributed by atoms with Gasteiger partial charge in [0.25, 0.3) is 0 Å². The number of fused-ring (bicyclic) bond motifs is 1. The minimum Gasteiger partial charge on any atom is -0.366 e. The molecule has 10 nitrogen and oxygen atoms in total. The summed E-state index contributed by atoms with van der Waals surface area (Å²) < 4.78 is 23.6. The molecular formula is C14H19ClN5O5P. The lowest BCUT2D eigenvalue weighted by molar-refractivity contribution is -0.0344. The number of rotatable bonds is 7. The molecule has 2 aromatic heterocycles. The molecule has 0 bridgehead atoms. The van der Waals surface area contributed by atoms with Crippen molar-refractivity contribution in [3.05, 3.63) is 11.6 Å². The van der Waals surface area contributed by atoms with Crippen LogP contribution in [0.5, 0.6) is 0 Å². The number of ether oxygens (including phenoxy) is 2. The highest BCUT2D eigenvalue weighted by Crippen LogP contribution is 2.36. The number of anilines is 1. The van der Waals surface area contributed by atoms with E-state index in [-0.39, 0.29) is 24.2 Å². The number of aromatic nitrogens is 4. The number of nitrogens with zero attached hydrogens (tertiary/aromatic N) is 4. The van der Waals surface area contributed by atoms with Gasteiger partial charge in [0.05, 0.1) is 19.0 Å². The Morgan fingerprint density at radius 1 is 1.35 bits per heavy atom. The summed E-state index contributed by atoms with van der Waals surface area (Å²) in [6, 6.07) is 0.410. The van der Waals surface area contributed by atoms with Gasteiger partial charge < -0.3 is 24.6 Å².